The van der Waals surface area contributed by atoms with Gasteiger partial charge in [0.2, 0.25) is 0 Å². The first-order chi connectivity index (χ1) is 10.2. The van der Waals surface area contributed by atoms with E-state index in [0.29, 0.717) is 12.5 Å². The van der Waals surface area contributed by atoms with Gasteiger partial charge in [-0.3, -0.25) is 9.88 Å². The maximum Gasteiger partial charge on any atom is 0.0544 e. The van der Waals surface area contributed by atoms with E-state index >= 15 is 0 Å². The van der Waals surface area contributed by atoms with Crippen molar-refractivity contribution in [2.24, 2.45) is 5.73 Å². The molecule has 0 saturated heterocycles. The van der Waals surface area contributed by atoms with Gasteiger partial charge in [-0.25, -0.2) is 0 Å². The summed E-state index contributed by atoms with van der Waals surface area (Å²) in [4.78, 5) is 6.79. The van der Waals surface area contributed by atoms with Crippen LogP contribution in [0.4, 0.5) is 0 Å². The van der Waals surface area contributed by atoms with Crippen LogP contribution in [-0.4, -0.2) is 23.0 Å². The number of aromatic nitrogens is 1. The molecule has 2 aromatic rings. The van der Waals surface area contributed by atoms with E-state index < -0.39 is 0 Å². The van der Waals surface area contributed by atoms with Gasteiger partial charge in [-0.05, 0) is 42.3 Å². The lowest BCUT2D eigenvalue weighted by Crippen LogP contribution is -2.22. The normalized spacial score (nSPS) is 12.6. The molecule has 0 spiro atoms. The van der Waals surface area contributed by atoms with Crippen LogP contribution in [0.1, 0.15) is 36.6 Å². The van der Waals surface area contributed by atoms with Crippen LogP contribution < -0.4 is 5.73 Å². The maximum atomic E-state index is 5.72. The third-order valence-electron chi connectivity index (χ3n) is 3.87. The number of pyridine rings is 1. The van der Waals surface area contributed by atoms with Crippen molar-refractivity contribution in [3.05, 3.63) is 65.5 Å². The maximum absolute atomic E-state index is 5.72. The average Bonchev–Trinajstić information content (AvgIpc) is 2.55. The lowest BCUT2D eigenvalue weighted by atomic mass is 10.00. The minimum absolute atomic E-state index is 0.426. The zero-order valence-corrected chi connectivity index (χ0v) is 13.0. The number of benzene rings is 1. The molecule has 1 aromatic carbocycles. The number of hydrogen-bond acceptors (Lipinski definition) is 3. The Balaban J connectivity index is 1.98. The van der Waals surface area contributed by atoms with Gasteiger partial charge in [0.05, 0.1) is 5.69 Å². The summed E-state index contributed by atoms with van der Waals surface area (Å²) in [6.07, 6.45) is 1.85. The number of hydrogen-bond donors (Lipinski definition) is 1. The molecular weight excluding hydrogens is 258 g/mol. The van der Waals surface area contributed by atoms with Crippen LogP contribution in [0.15, 0.2) is 48.7 Å². The van der Waals surface area contributed by atoms with Crippen molar-refractivity contribution in [3.63, 3.8) is 0 Å². The molecule has 0 fully saturated rings. The second-order valence-electron chi connectivity index (χ2n) is 5.50. The van der Waals surface area contributed by atoms with Gasteiger partial charge in [-0.15, -0.1) is 0 Å². The highest BCUT2D eigenvalue weighted by Gasteiger charge is 2.07. The largest absolute Gasteiger partial charge is 0.330 e. The molecule has 1 unspecified atom stereocenters. The van der Waals surface area contributed by atoms with Crippen LogP contribution in [0.25, 0.3) is 0 Å². The van der Waals surface area contributed by atoms with Crippen LogP contribution >= 0.6 is 0 Å². The van der Waals surface area contributed by atoms with E-state index in [0.717, 1.165) is 25.3 Å². The number of rotatable bonds is 7. The van der Waals surface area contributed by atoms with Crippen molar-refractivity contribution in [1.29, 1.82) is 0 Å². The average molecular weight is 283 g/mol. The summed E-state index contributed by atoms with van der Waals surface area (Å²) in [6.45, 7) is 7.89. The Morgan fingerprint density at radius 2 is 1.86 bits per heavy atom. The van der Waals surface area contributed by atoms with Crippen LogP contribution in [0.2, 0.25) is 0 Å². The molecule has 3 heteroatoms. The van der Waals surface area contributed by atoms with E-state index in [1.54, 1.807) is 0 Å². The Morgan fingerprint density at radius 3 is 2.43 bits per heavy atom. The summed E-state index contributed by atoms with van der Waals surface area (Å²) in [6, 6.07) is 14.9. The Kier molecular flexibility index (Phi) is 5.90. The Hall–Kier alpha value is -1.71. The topological polar surface area (TPSA) is 42.1 Å². The van der Waals surface area contributed by atoms with E-state index in [1.807, 2.05) is 18.3 Å². The molecule has 0 amide bonds. The van der Waals surface area contributed by atoms with Crippen molar-refractivity contribution in [2.75, 3.05) is 13.1 Å². The van der Waals surface area contributed by atoms with Crippen LogP contribution in [-0.2, 0) is 13.1 Å². The third-order valence-corrected chi connectivity index (χ3v) is 3.87. The van der Waals surface area contributed by atoms with Gasteiger partial charge in [0.15, 0.2) is 0 Å². The molecule has 0 radical (unpaired) electrons. The lowest BCUT2D eigenvalue weighted by Gasteiger charge is -2.20. The first-order valence-electron chi connectivity index (χ1n) is 7.64. The number of nitrogens with zero attached hydrogens (tertiary/aromatic N) is 2. The van der Waals surface area contributed by atoms with Crippen molar-refractivity contribution in [3.8, 4) is 0 Å². The summed E-state index contributed by atoms with van der Waals surface area (Å²) in [5, 5.41) is 0. The highest BCUT2D eigenvalue weighted by molar-refractivity contribution is 5.25. The second kappa shape index (κ2) is 7.91. The van der Waals surface area contributed by atoms with Gasteiger partial charge in [0.25, 0.3) is 0 Å². The van der Waals surface area contributed by atoms with Gasteiger partial charge < -0.3 is 5.73 Å². The fraction of sp³-hybridized carbons (Fsp3) is 0.389. The van der Waals surface area contributed by atoms with Gasteiger partial charge >= 0.3 is 0 Å². The summed E-state index contributed by atoms with van der Waals surface area (Å²) in [5.41, 5.74) is 9.48. The quantitative estimate of drug-likeness (QED) is 0.848. The summed E-state index contributed by atoms with van der Waals surface area (Å²) in [7, 11) is 0. The molecule has 0 saturated carbocycles. The van der Waals surface area contributed by atoms with E-state index in [1.165, 1.54) is 11.1 Å². The smallest absolute Gasteiger partial charge is 0.0544 e. The molecular formula is C18H25N3. The highest BCUT2D eigenvalue weighted by atomic mass is 15.1. The fourth-order valence-corrected chi connectivity index (χ4v) is 2.35. The molecule has 1 aromatic heterocycles. The van der Waals surface area contributed by atoms with Crippen LogP contribution in [0.5, 0.6) is 0 Å². The standard InChI is InChI=1S/C18H25N3/c1-3-21(14-18-6-4-5-11-20-18)13-16-7-9-17(10-8-16)15(2)12-19/h4-11,15H,3,12-14,19H2,1-2H3. The van der Waals surface area contributed by atoms with E-state index in [2.05, 4.69) is 54.1 Å². The fourth-order valence-electron chi connectivity index (χ4n) is 2.35. The molecule has 0 aliphatic rings. The number of nitrogens with two attached hydrogens (primary N) is 1. The predicted octanol–water partition coefficient (Wildman–Crippen LogP) is 3.17. The van der Waals surface area contributed by atoms with Crippen molar-refractivity contribution < 1.29 is 0 Å². The zero-order chi connectivity index (χ0) is 15.1. The van der Waals surface area contributed by atoms with E-state index in [-0.39, 0.29) is 0 Å². The van der Waals surface area contributed by atoms with Gasteiger partial charge in [0, 0.05) is 19.3 Å². The Labute approximate surface area is 127 Å². The van der Waals surface area contributed by atoms with E-state index in [4.69, 9.17) is 5.73 Å². The lowest BCUT2D eigenvalue weighted by molar-refractivity contribution is 0.268. The monoisotopic (exact) mass is 283 g/mol. The molecule has 21 heavy (non-hydrogen) atoms. The summed E-state index contributed by atoms with van der Waals surface area (Å²) in [5.74, 6) is 0.426. The molecule has 0 bridgehead atoms. The molecule has 0 aliphatic heterocycles. The van der Waals surface area contributed by atoms with Crippen LogP contribution in [0.3, 0.4) is 0 Å². The summed E-state index contributed by atoms with van der Waals surface area (Å²) >= 11 is 0. The minimum Gasteiger partial charge on any atom is -0.330 e. The van der Waals surface area contributed by atoms with Crippen molar-refractivity contribution in [2.45, 2.75) is 32.9 Å². The minimum atomic E-state index is 0.426. The Morgan fingerprint density at radius 1 is 1.10 bits per heavy atom. The van der Waals surface area contributed by atoms with Crippen LogP contribution in [0, 0.1) is 0 Å². The molecule has 2 rings (SSSR count). The second-order valence-corrected chi connectivity index (χ2v) is 5.50. The molecule has 1 atom stereocenters. The molecule has 3 nitrogen and oxygen atoms in total. The van der Waals surface area contributed by atoms with Crippen molar-refractivity contribution >= 4 is 0 Å². The SMILES string of the molecule is CCN(Cc1ccc(C(C)CN)cc1)Cc1ccccn1. The Bertz CT molecular complexity index is 522. The highest BCUT2D eigenvalue weighted by Crippen LogP contribution is 2.16. The zero-order valence-electron chi connectivity index (χ0n) is 13.0. The van der Waals surface area contributed by atoms with Gasteiger partial charge in [-0.2, -0.15) is 0 Å². The van der Waals surface area contributed by atoms with Gasteiger partial charge in [-0.1, -0.05) is 44.2 Å². The predicted molar refractivity (Wildman–Crippen MR) is 87.9 cm³/mol. The molecule has 112 valence electrons. The molecule has 0 aliphatic carbocycles. The van der Waals surface area contributed by atoms with Gasteiger partial charge in [0.1, 0.15) is 0 Å². The summed E-state index contributed by atoms with van der Waals surface area (Å²) < 4.78 is 0. The first kappa shape index (κ1) is 15.7. The molecule has 1 heterocycles. The first-order valence-corrected chi connectivity index (χ1v) is 7.64. The third kappa shape index (κ3) is 4.66. The molecule has 2 N–H and O–H groups in total. The van der Waals surface area contributed by atoms with Crippen molar-refractivity contribution in [1.82, 2.24) is 9.88 Å². The van der Waals surface area contributed by atoms with E-state index in [9.17, 15) is 0 Å².